The van der Waals surface area contributed by atoms with Crippen molar-refractivity contribution in [3.8, 4) is 0 Å². The number of thiophene rings is 1. The Balaban J connectivity index is 2.13. The lowest BCUT2D eigenvalue weighted by atomic mass is 10.1. The van der Waals surface area contributed by atoms with Crippen molar-refractivity contribution < 1.29 is 14.3 Å². The van der Waals surface area contributed by atoms with Gasteiger partial charge in [-0.3, -0.25) is 14.3 Å². The number of esters is 1. The molecule has 6 nitrogen and oxygen atoms in total. The molecule has 2 aromatic rings. The van der Waals surface area contributed by atoms with E-state index in [0.717, 1.165) is 16.3 Å². The monoisotopic (exact) mass is 335 g/mol. The molecular formula is C16H21N3O3S. The normalized spacial score (nSPS) is 13.4. The van der Waals surface area contributed by atoms with Gasteiger partial charge in [-0.15, -0.1) is 11.3 Å². The van der Waals surface area contributed by atoms with Crippen LogP contribution in [0.1, 0.15) is 41.7 Å². The minimum atomic E-state index is -0.455. The fraction of sp³-hybridized carbons (Fsp3) is 0.438. The Morgan fingerprint density at radius 3 is 2.70 bits per heavy atom. The average Bonchev–Trinajstić information content (AvgIpc) is 3.15. The van der Waals surface area contributed by atoms with Crippen LogP contribution in [0.15, 0.2) is 23.6 Å². The highest BCUT2D eigenvalue weighted by Gasteiger charge is 2.24. The van der Waals surface area contributed by atoms with Gasteiger partial charge in [0.15, 0.2) is 0 Å². The van der Waals surface area contributed by atoms with E-state index in [-0.39, 0.29) is 18.3 Å². The molecule has 2 atom stereocenters. The van der Waals surface area contributed by atoms with Crippen LogP contribution in [-0.2, 0) is 14.3 Å². The molecule has 0 saturated heterocycles. The Labute approximate surface area is 139 Å². The third kappa shape index (κ3) is 4.19. The van der Waals surface area contributed by atoms with Crippen molar-refractivity contribution in [2.45, 2.75) is 39.3 Å². The smallest absolute Gasteiger partial charge is 0.307 e. The minimum absolute atomic E-state index is 0.104. The molecule has 1 N–H and O–H groups in total. The van der Waals surface area contributed by atoms with Gasteiger partial charge in [-0.05, 0) is 38.3 Å². The molecule has 2 rings (SSSR count). The lowest BCUT2D eigenvalue weighted by Gasteiger charge is -2.20. The first-order chi connectivity index (χ1) is 10.9. The van der Waals surface area contributed by atoms with Crippen LogP contribution in [0.4, 0.5) is 0 Å². The summed E-state index contributed by atoms with van der Waals surface area (Å²) in [6.45, 7) is 5.59. The predicted octanol–water partition coefficient (Wildman–Crippen LogP) is 2.54. The Bertz CT molecular complexity index is 679. The van der Waals surface area contributed by atoms with Gasteiger partial charge in [-0.2, -0.15) is 5.10 Å². The van der Waals surface area contributed by atoms with Gasteiger partial charge in [-0.1, -0.05) is 6.07 Å². The molecular weight excluding hydrogens is 314 g/mol. The molecule has 0 bridgehead atoms. The second-order valence-corrected chi connectivity index (χ2v) is 6.38. The fourth-order valence-corrected chi connectivity index (χ4v) is 3.18. The minimum Gasteiger partial charge on any atom is -0.469 e. The van der Waals surface area contributed by atoms with E-state index in [1.54, 1.807) is 11.6 Å². The maximum absolute atomic E-state index is 12.6. The van der Waals surface area contributed by atoms with Crippen LogP contribution in [0.2, 0.25) is 0 Å². The van der Waals surface area contributed by atoms with Crippen LogP contribution in [0.3, 0.4) is 0 Å². The number of hydrogen-bond donors (Lipinski definition) is 1. The van der Waals surface area contributed by atoms with Crippen LogP contribution in [0.25, 0.3) is 0 Å². The quantitative estimate of drug-likeness (QED) is 0.823. The number of nitrogens with one attached hydrogen (secondary N) is 1. The third-order valence-electron chi connectivity index (χ3n) is 3.59. The summed E-state index contributed by atoms with van der Waals surface area (Å²) in [5, 5.41) is 9.19. The Morgan fingerprint density at radius 2 is 2.17 bits per heavy atom. The number of rotatable bonds is 6. The summed E-state index contributed by atoms with van der Waals surface area (Å²) in [7, 11) is 1.34. The summed E-state index contributed by atoms with van der Waals surface area (Å²) in [4.78, 5) is 25.1. The molecule has 1 amide bonds. The van der Waals surface area contributed by atoms with Crippen molar-refractivity contribution in [1.29, 1.82) is 0 Å². The number of carbonyl (C=O) groups is 2. The van der Waals surface area contributed by atoms with Gasteiger partial charge in [-0.25, -0.2) is 0 Å². The van der Waals surface area contributed by atoms with Crippen LogP contribution in [0.5, 0.6) is 0 Å². The number of hydrogen-bond acceptors (Lipinski definition) is 5. The molecule has 0 spiro atoms. The molecule has 2 aromatic heterocycles. The van der Waals surface area contributed by atoms with E-state index in [1.165, 1.54) is 18.4 Å². The highest BCUT2D eigenvalue weighted by Crippen LogP contribution is 2.23. The first-order valence-corrected chi connectivity index (χ1v) is 8.23. The summed E-state index contributed by atoms with van der Waals surface area (Å²) < 4.78 is 6.41. The van der Waals surface area contributed by atoms with Crippen LogP contribution >= 0.6 is 11.3 Å². The van der Waals surface area contributed by atoms with E-state index < -0.39 is 12.1 Å². The predicted molar refractivity (Wildman–Crippen MR) is 88.2 cm³/mol. The van der Waals surface area contributed by atoms with Gasteiger partial charge in [0, 0.05) is 10.6 Å². The van der Waals surface area contributed by atoms with Crippen LogP contribution < -0.4 is 5.32 Å². The highest BCUT2D eigenvalue weighted by atomic mass is 32.1. The zero-order valence-corrected chi connectivity index (χ0v) is 14.5. The van der Waals surface area contributed by atoms with E-state index in [0.29, 0.717) is 0 Å². The molecule has 0 unspecified atom stereocenters. The van der Waals surface area contributed by atoms with Gasteiger partial charge in [0.1, 0.15) is 6.04 Å². The molecule has 124 valence electrons. The summed E-state index contributed by atoms with van der Waals surface area (Å²) >= 11 is 1.50. The lowest BCUT2D eigenvalue weighted by Crippen LogP contribution is -2.35. The molecule has 0 aromatic carbocycles. The van der Waals surface area contributed by atoms with Crippen molar-refractivity contribution in [3.05, 3.63) is 39.8 Å². The molecule has 7 heteroatoms. The van der Waals surface area contributed by atoms with E-state index in [4.69, 9.17) is 4.74 Å². The zero-order valence-electron chi connectivity index (χ0n) is 13.7. The van der Waals surface area contributed by atoms with E-state index in [9.17, 15) is 9.59 Å². The van der Waals surface area contributed by atoms with Crippen LogP contribution in [0, 0.1) is 13.8 Å². The van der Waals surface area contributed by atoms with Gasteiger partial charge in [0.25, 0.3) is 0 Å². The van der Waals surface area contributed by atoms with E-state index in [2.05, 4.69) is 10.4 Å². The van der Waals surface area contributed by atoms with Gasteiger partial charge in [0.05, 0.1) is 25.3 Å². The summed E-state index contributed by atoms with van der Waals surface area (Å²) in [5.41, 5.74) is 1.79. The number of amides is 1. The largest absolute Gasteiger partial charge is 0.469 e. The highest BCUT2D eigenvalue weighted by molar-refractivity contribution is 7.10. The molecule has 0 fully saturated rings. The molecule has 0 radical (unpaired) electrons. The van der Waals surface area contributed by atoms with Crippen molar-refractivity contribution in [2.75, 3.05) is 7.11 Å². The second kappa shape index (κ2) is 7.41. The van der Waals surface area contributed by atoms with E-state index >= 15 is 0 Å². The fourth-order valence-electron chi connectivity index (χ4n) is 2.40. The summed E-state index contributed by atoms with van der Waals surface area (Å²) in [6, 6.07) is 4.86. The molecule has 0 saturated carbocycles. The molecule has 23 heavy (non-hydrogen) atoms. The van der Waals surface area contributed by atoms with Crippen molar-refractivity contribution in [3.63, 3.8) is 0 Å². The lowest BCUT2D eigenvalue weighted by molar-refractivity contribution is -0.141. The number of ether oxygens (including phenoxy) is 1. The topological polar surface area (TPSA) is 73.2 Å². The number of methoxy groups -OCH3 is 1. The summed E-state index contributed by atoms with van der Waals surface area (Å²) in [6.07, 6.45) is 0.104. The summed E-state index contributed by atoms with van der Waals surface area (Å²) in [5.74, 6) is -0.541. The van der Waals surface area contributed by atoms with Crippen molar-refractivity contribution in [1.82, 2.24) is 15.1 Å². The molecule has 0 aliphatic heterocycles. The zero-order chi connectivity index (χ0) is 17.0. The first kappa shape index (κ1) is 17.2. The maximum Gasteiger partial charge on any atom is 0.307 e. The SMILES string of the molecule is COC(=O)C[C@@H](NC(=O)[C@@H](C)n1nc(C)cc1C)c1cccs1. The second-order valence-electron chi connectivity index (χ2n) is 5.40. The van der Waals surface area contributed by atoms with Gasteiger partial charge < -0.3 is 10.1 Å². The number of aromatic nitrogens is 2. The standard InChI is InChI=1S/C16H21N3O3S/c1-10-8-11(2)19(18-10)12(3)16(21)17-13(9-15(20)22-4)14-6-5-7-23-14/h5-8,12-13H,9H2,1-4H3,(H,17,21)/t12-,13-/m1/s1. The Morgan fingerprint density at radius 1 is 1.43 bits per heavy atom. The van der Waals surface area contributed by atoms with Crippen molar-refractivity contribution >= 4 is 23.2 Å². The van der Waals surface area contributed by atoms with Crippen LogP contribution in [-0.4, -0.2) is 28.8 Å². The van der Waals surface area contributed by atoms with E-state index in [1.807, 2.05) is 37.4 Å². The Kier molecular flexibility index (Phi) is 5.54. The number of nitrogens with zero attached hydrogens (tertiary/aromatic N) is 2. The Hall–Kier alpha value is -2.15. The molecule has 0 aliphatic rings. The molecule has 2 heterocycles. The number of carbonyl (C=O) groups excluding carboxylic acids is 2. The van der Waals surface area contributed by atoms with Gasteiger partial charge >= 0.3 is 5.97 Å². The first-order valence-electron chi connectivity index (χ1n) is 7.35. The van der Waals surface area contributed by atoms with Gasteiger partial charge in [0.2, 0.25) is 5.91 Å². The average molecular weight is 335 g/mol. The number of aryl methyl sites for hydroxylation is 2. The maximum atomic E-state index is 12.6. The van der Waals surface area contributed by atoms with Crippen molar-refractivity contribution in [2.24, 2.45) is 0 Å². The molecule has 0 aliphatic carbocycles. The third-order valence-corrected chi connectivity index (χ3v) is 4.58.